The summed E-state index contributed by atoms with van der Waals surface area (Å²) in [5.74, 6) is 0.959. The van der Waals surface area contributed by atoms with Crippen molar-refractivity contribution < 1.29 is 4.74 Å². The van der Waals surface area contributed by atoms with Gasteiger partial charge in [0, 0.05) is 26.2 Å². The van der Waals surface area contributed by atoms with Crippen LogP contribution in [0.1, 0.15) is 23.1 Å². The molecule has 2 bridgehead atoms. The maximum atomic E-state index is 5.42. The highest BCUT2D eigenvalue weighted by molar-refractivity contribution is 5.37. The number of ether oxygens (including phenoxy) is 1. The van der Waals surface area contributed by atoms with E-state index in [1.807, 2.05) is 0 Å². The molecule has 4 rings (SSSR count). The molecule has 1 fully saturated rings. The quantitative estimate of drug-likeness (QED) is 0.847. The minimum absolute atomic E-state index is 0.138. The molecule has 2 aromatic rings. The maximum absolute atomic E-state index is 5.42. The minimum atomic E-state index is 0.138. The predicted octanol–water partition coefficient (Wildman–Crippen LogP) is 3.24. The average molecular weight is 308 g/mol. The van der Waals surface area contributed by atoms with Gasteiger partial charge in [-0.25, -0.2) is 0 Å². The Bertz CT molecular complexity index is 700. The molecule has 0 saturated carbocycles. The Kier molecular flexibility index (Phi) is 3.63. The maximum Gasteiger partial charge on any atom is 0.119 e. The van der Waals surface area contributed by atoms with Crippen LogP contribution < -0.4 is 4.74 Å². The molecular formula is C20H24N2O. The van der Waals surface area contributed by atoms with Gasteiger partial charge in [-0.05, 0) is 42.3 Å². The van der Waals surface area contributed by atoms with Crippen LogP contribution in [-0.4, -0.2) is 37.0 Å². The van der Waals surface area contributed by atoms with Crippen LogP contribution in [-0.2, 0) is 18.6 Å². The Morgan fingerprint density at radius 2 is 1.83 bits per heavy atom. The summed E-state index contributed by atoms with van der Waals surface area (Å²) >= 11 is 0. The number of rotatable bonds is 2. The molecule has 1 unspecified atom stereocenters. The van der Waals surface area contributed by atoms with E-state index >= 15 is 0 Å². The highest BCUT2D eigenvalue weighted by Gasteiger charge is 2.44. The normalized spacial score (nSPS) is 27.1. The number of likely N-dealkylation sites (N-methyl/N-ethyl adjacent to an activating group) is 1. The smallest absolute Gasteiger partial charge is 0.119 e. The summed E-state index contributed by atoms with van der Waals surface area (Å²) in [7, 11) is 4.02. The lowest BCUT2D eigenvalue weighted by atomic mass is 9.86. The van der Waals surface area contributed by atoms with E-state index in [0.29, 0.717) is 0 Å². The second-order valence-electron chi connectivity index (χ2n) is 6.85. The standard InChI is InChI=1S/C20H24N2O/c1-21-13-16-8-9-19(23-2)12-17(16)14-22-11-10-20(21,15-22)18-6-4-3-5-7-18/h3-9,12H,10-11,13-15H2,1-2H3/t20-/m0/s1. The molecule has 0 aromatic heterocycles. The minimum Gasteiger partial charge on any atom is -0.497 e. The molecule has 2 heterocycles. The molecule has 2 atom stereocenters. The van der Waals surface area contributed by atoms with Crippen LogP contribution in [0, 0.1) is 0 Å². The van der Waals surface area contributed by atoms with E-state index in [-0.39, 0.29) is 5.54 Å². The fourth-order valence-corrected chi connectivity index (χ4v) is 4.20. The van der Waals surface area contributed by atoms with Gasteiger partial charge in [-0.3, -0.25) is 9.80 Å². The van der Waals surface area contributed by atoms with Crippen molar-refractivity contribution in [3.8, 4) is 5.75 Å². The van der Waals surface area contributed by atoms with Crippen molar-refractivity contribution in [1.82, 2.24) is 9.80 Å². The van der Waals surface area contributed by atoms with Gasteiger partial charge in [-0.2, -0.15) is 0 Å². The van der Waals surface area contributed by atoms with Gasteiger partial charge in [-0.1, -0.05) is 36.4 Å². The molecule has 2 aliphatic rings. The van der Waals surface area contributed by atoms with Crippen LogP contribution in [0.2, 0.25) is 0 Å². The van der Waals surface area contributed by atoms with Gasteiger partial charge < -0.3 is 4.74 Å². The van der Waals surface area contributed by atoms with E-state index in [1.165, 1.54) is 23.1 Å². The highest BCUT2D eigenvalue weighted by Crippen LogP contribution is 2.40. The molecule has 23 heavy (non-hydrogen) atoms. The van der Waals surface area contributed by atoms with E-state index in [2.05, 4.69) is 65.4 Å². The fourth-order valence-electron chi connectivity index (χ4n) is 4.20. The summed E-state index contributed by atoms with van der Waals surface area (Å²) in [6.45, 7) is 4.26. The largest absolute Gasteiger partial charge is 0.497 e. The van der Waals surface area contributed by atoms with Crippen molar-refractivity contribution >= 4 is 0 Å². The van der Waals surface area contributed by atoms with Crippen molar-refractivity contribution in [3.63, 3.8) is 0 Å². The molecule has 2 aromatic carbocycles. The zero-order valence-electron chi connectivity index (χ0n) is 14.0. The van der Waals surface area contributed by atoms with E-state index in [9.17, 15) is 0 Å². The zero-order valence-corrected chi connectivity index (χ0v) is 14.0. The van der Waals surface area contributed by atoms with Gasteiger partial charge in [0.1, 0.15) is 5.75 Å². The molecule has 1 saturated heterocycles. The molecule has 0 spiro atoms. The Morgan fingerprint density at radius 1 is 1.00 bits per heavy atom. The van der Waals surface area contributed by atoms with E-state index in [1.54, 1.807) is 7.11 Å². The third kappa shape index (κ3) is 2.44. The molecule has 0 radical (unpaired) electrons. The molecule has 120 valence electrons. The summed E-state index contributed by atoms with van der Waals surface area (Å²) in [6.07, 6.45) is 1.19. The van der Waals surface area contributed by atoms with Crippen LogP contribution in [0.4, 0.5) is 0 Å². The lowest BCUT2D eigenvalue weighted by Crippen LogP contribution is -2.46. The van der Waals surface area contributed by atoms with Gasteiger partial charge in [0.25, 0.3) is 0 Å². The van der Waals surface area contributed by atoms with Crippen LogP contribution in [0.5, 0.6) is 5.75 Å². The Hall–Kier alpha value is -1.84. The summed E-state index contributed by atoms with van der Waals surface area (Å²) in [5.41, 5.74) is 4.40. The van der Waals surface area contributed by atoms with Gasteiger partial charge in [0.15, 0.2) is 0 Å². The molecule has 2 aliphatic heterocycles. The average Bonchev–Trinajstić information content (AvgIpc) is 3.03. The Labute approximate surface area is 138 Å². The van der Waals surface area contributed by atoms with Crippen molar-refractivity contribution in [2.75, 3.05) is 27.2 Å². The fraction of sp³-hybridized carbons (Fsp3) is 0.400. The SMILES string of the molecule is COc1ccc2c(c1)CN1CC[C@@](c3ccccc3)(C1)N(C)C2. The van der Waals surface area contributed by atoms with Crippen molar-refractivity contribution in [2.45, 2.75) is 25.0 Å². The van der Waals surface area contributed by atoms with Crippen molar-refractivity contribution in [1.29, 1.82) is 0 Å². The van der Waals surface area contributed by atoms with E-state index in [0.717, 1.165) is 31.9 Å². The first-order chi connectivity index (χ1) is 11.2. The third-order valence-electron chi connectivity index (χ3n) is 5.58. The van der Waals surface area contributed by atoms with E-state index < -0.39 is 0 Å². The number of methoxy groups -OCH3 is 1. The molecule has 3 heteroatoms. The first kappa shape index (κ1) is 14.7. The topological polar surface area (TPSA) is 15.7 Å². The Morgan fingerprint density at radius 3 is 2.61 bits per heavy atom. The zero-order chi connectivity index (χ0) is 15.9. The molecular weight excluding hydrogens is 284 g/mol. The third-order valence-corrected chi connectivity index (χ3v) is 5.58. The van der Waals surface area contributed by atoms with E-state index in [4.69, 9.17) is 4.74 Å². The summed E-state index contributed by atoms with van der Waals surface area (Å²) in [4.78, 5) is 5.13. The monoisotopic (exact) mass is 308 g/mol. The lowest BCUT2D eigenvalue weighted by molar-refractivity contribution is 0.105. The van der Waals surface area contributed by atoms with Crippen molar-refractivity contribution in [3.05, 3.63) is 65.2 Å². The number of nitrogens with zero attached hydrogens (tertiary/aromatic N) is 2. The number of hydrogen-bond acceptors (Lipinski definition) is 3. The molecule has 0 amide bonds. The number of hydrogen-bond donors (Lipinski definition) is 0. The summed E-state index contributed by atoms with van der Waals surface area (Å²) in [5, 5.41) is 0. The Balaban J connectivity index is 1.75. The first-order valence-corrected chi connectivity index (χ1v) is 8.36. The second-order valence-corrected chi connectivity index (χ2v) is 6.85. The molecule has 3 nitrogen and oxygen atoms in total. The van der Waals surface area contributed by atoms with Crippen LogP contribution in [0.15, 0.2) is 48.5 Å². The van der Waals surface area contributed by atoms with Gasteiger partial charge in [-0.15, -0.1) is 0 Å². The van der Waals surface area contributed by atoms with Crippen LogP contribution in [0.3, 0.4) is 0 Å². The summed E-state index contributed by atoms with van der Waals surface area (Å²) in [6, 6.07) is 17.5. The molecule has 0 N–H and O–H groups in total. The predicted molar refractivity (Wildman–Crippen MR) is 92.5 cm³/mol. The van der Waals surface area contributed by atoms with Crippen molar-refractivity contribution in [2.24, 2.45) is 0 Å². The highest BCUT2D eigenvalue weighted by atomic mass is 16.5. The first-order valence-electron chi connectivity index (χ1n) is 8.36. The molecule has 0 aliphatic carbocycles. The summed E-state index contributed by atoms with van der Waals surface area (Å²) < 4.78 is 5.42. The number of benzene rings is 2. The number of fused-ring (bicyclic) bond motifs is 3. The van der Waals surface area contributed by atoms with Gasteiger partial charge in [0.05, 0.1) is 12.6 Å². The van der Waals surface area contributed by atoms with Gasteiger partial charge >= 0.3 is 0 Å². The van der Waals surface area contributed by atoms with Gasteiger partial charge in [0.2, 0.25) is 0 Å². The lowest BCUT2D eigenvalue weighted by Gasteiger charge is -2.41. The second kappa shape index (κ2) is 5.66. The van der Waals surface area contributed by atoms with Crippen LogP contribution >= 0.6 is 0 Å². The van der Waals surface area contributed by atoms with Crippen LogP contribution in [0.25, 0.3) is 0 Å².